The smallest absolute Gasteiger partial charge is 0.416 e. The Labute approximate surface area is 266 Å². The quantitative estimate of drug-likeness (QED) is 0.224. The van der Waals surface area contributed by atoms with Crippen LogP contribution in [-0.4, -0.2) is 52.5 Å². The van der Waals surface area contributed by atoms with E-state index in [4.69, 9.17) is 14.5 Å². The topological polar surface area (TPSA) is 89.0 Å². The molecule has 1 saturated carbocycles. The Bertz CT molecular complexity index is 1690. The molecule has 2 aromatic carbocycles. The third-order valence-corrected chi connectivity index (χ3v) is 8.50. The standard InChI is InChI=1S/C36H37F3N2O5/c1-5-6-26(36(37,38)39)11-12-27-18-22(3)41(35(44)46-27)20-32-29(14-15-31(40-32)23-7-8-23)30-19-24(10-16-33(30)45-4)28-13-9-25(34(42)43)17-21(28)2/h5-6,9-11,13-17,19,22-23,27H,7-8,12,18,20H2,1-4H3,(H,42,43)/b6-5-,26-11+/t22?,27-/m1/s1. The zero-order valence-corrected chi connectivity index (χ0v) is 26.2. The molecule has 2 aliphatic rings. The Morgan fingerprint density at radius 1 is 1.11 bits per heavy atom. The van der Waals surface area contributed by atoms with Crippen molar-refractivity contribution in [2.45, 2.75) is 77.2 Å². The molecular formula is C36H37F3N2O5. The molecule has 3 aromatic rings. The fourth-order valence-electron chi connectivity index (χ4n) is 5.89. The summed E-state index contributed by atoms with van der Waals surface area (Å²) < 4.78 is 51.5. The highest BCUT2D eigenvalue weighted by atomic mass is 19.4. The van der Waals surface area contributed by atoms with Crippen molar-refractivity contribution in [3.63, 3.8) is 0 Å². The van der Waals surface area contributed by atoms with E-state index in [2.05, 4.69) is 0 Å². The van der Waals surface area contributed by atoms with Gasteiger partial charge in [-0.15, -0.1) is 0 Å². The van der Waals surface area contributed by atoms with Gasteiger partial charge >= 0.3 is 18.2 Å². The number of aromatic carboxylic acids is 1. The summed E-state index contributed by atoms with van der Waals surface area (Å²) in [5.74, 6) is -0.0312. The number of amides is 1. The molecule has 5 rings (SSSR count). The number of allylic oxidation sites excluding steroid dienone is 3. The number of carboxylic acid groups (broad SMARTS) is 1. The molecule has 0 bridgehead atoms. The van der Waals surface area contributed by atoms with Crippen LogP contribution in [0, 0.1) is 6.92 Å². The van der Waals surface area contributed by atoms with Crippen LogP contribution in [0.3, 0.4) is 0 Å². The van der Waals surface area contributed by atoms with Crippen molar-refractivity contribution in [3.8, 4) is 28.0 Å². The average molecular weight is 635 g/mol. The predicted octanol–water partition coefficient (Wildman–Crippen LogP) is 8.86. The minimum Gasteiger partial charge on any atom is -0.496 e. The SMILES string of the molecule is C/C=C\C(=C/C[C@@H]1CC(C)N(Cc2nc(C3CC3)ccc2-c2cc(-c3ccc(C(=O)O)cc3C)ccc2OC)C(=O)O1)C(F)(F)F. The van der Waals surface area contributed by atoms with Crippen LogP contribution in [0.4, 0.5) is 18.0 Å². The molecule has 0 radical (unpaired) electrons. The molecule has 10 heteroatoms. The Morgan fingerprint density at radius 3 is 2.46 bits per heavy atom. The lowest BCUT2D eigenvalue weighted by Crippen LogP contribution is -2.47. The number of methoxy groups -OCH3 is 1. The lowest BCUT2D eigenvalue weighted by molar-refractivity contribution is -0.0886. The van der Waals surface area contributed by atoms with Crippen molar-refractivity contribution in [2.24, 2.45) is 0 Å². The zero-order chi connectivity index (χ0) is 33.2. The molecule has 7 nitrogen and oxygen atoms in total. The largest absolute Gasteiger partial charge is 0.496 e. The molecule has 2 fully saturated rings. The van der Waals surface area contributed by atoms with Crippen molar-refractivity contribution in [3.05, 3.63) is 94.8 Å². The van der Waals surface area contributed by atoms with Gasteiger partial charge in [0, 0.05) is 41.6 Å². The molecule has 1 N–H and O–H groups in total. The van der Waals surface area contributed by atoms with Crippen LogP contribution in [-0.2, 0) is 11.3 Å². The number of carbonyl (C=O) groups excluding carboxylic acids is 1. The molecule has 1 unspecified atom stereocenters. The second-order valence-electron chi connectivity index (χ2n) is 11.9. The summed E-state index contributed by atoms with van der Waals surface area (Å²) in [4.78, 5) is 31.4. The van der Waals surface area contributed by atoms with Gasteiger partial charge in [0.25, 0.3) is 0 Å². The number of alkyl halides is 3. The first kappa shape index (κ1) is 32.8. The molecule has 1 saturated heterocycles. The molecule has 46 heavy (non-hydrogen) atoms. The van der Waals surface area contributed by atoms with E-state index < -0.39 is 29.9 Å². The molecular weight excluding hydrogens is 597 g/mol. The molecule has 1 aliphatic carbocycles. The second-order valence-corrected chi connectivity index (χ2v) is 11.9. The molecule has 2 atom stereocenters. The third-order valence-electron chi connectivity index (χ3n) is 8.50. The van der Waals surface area contributed by atoms with E-state index in [-0.39, 0.29) is 24.6 Å². The summed E-state index contributed by atoms with van der Waals surface area (Å²) in [5, 5.41) is 9.41. The maximum absolute atomic E-state index is 13.4. The number of hydrogen-bond acceptors (Lipinski definition) is 5. The first-order valence-corrected chi connectivity index (χ1v) is 15.3. The number of halogens is 3. The Balaban J connectivity index is 1.46. The van der Waals surface area contributed by atoms with Crippen molar-refractivity contribution >= 4 is 12.1 Å². The summed E-state index contributed by atoms with van der Waals surface area (Å²) in [5.41, 5.74) is 5.11. The van der Waals surface area contributed by atoms with Gasteiger partial charge in [0.1, 0.15) is 11.9 Å². The van der Waals surface area contributed by atoms with E-state index in [1.165, 1.54) is 13.0 Å². The van der Waals surface area contributed by atoms with Gasteiger partial charge in [-0.1, -0.05) is 36.4 Å². The first-order chi connectivity index (χ1) is 21.9. The van der Waals surface area contributed by atoms with Crippen LogP contribution in [0.25, 0.3) is 22.3 Å². The zero-order valence-electron chi connectivity index (χ0n) is 26.2. The Hall–Kier alpha value is -4.60. The second kappa shape index (κ2) is 13.4. The van der Waals surface area contributed by atoms with Gasteiger partial charge in [0.05, 0.1) is 30.5 Å². The number of carboxylic acids is 1. The summed E-state index contributed by atoms with van der Waals surface area (Å²) in [7, 11) is 1.58. The number of hydrogen-bond donors (Lipinski definition) is 1. The van der Waals surface area contributed by atoms with Crippen LogP contribution in [0.2, 0.25) is 0 Å². The highest BCUT2D eigenvalue weighted by Gasteiger charge is 2.36. The van der Waals surface area contributed by atoms with Gasteiger partial charge < -0.3 is 14.6 Å². The van der Waals surface area contributed by atoms with E-state index in [0.29, 0.717) is 23.8 Å². The van der Waals surface area contributed by atoms with Gasteiger partial charge in [0.2, 0.25) is 0 Å². The number of cyclic esters (lactones) is 1. The highest BCUT2D eigenvalue weighted by Crippen LogP contribution is 2.42. The van der Waals surface area contributed by atoms with Gasteiger partial charge in [0.15, 0.2) is 0 Å². The number of pyridine rings is 1. The van der Waals surface area contributed by atoms with Gasteiger partial charge in [-0.3, -0.25) is 9.88 Å². The van der Waals surface area contributed by atoms with Crippen LogP contribution in [0.1, 0.15) is 72.8 Å². The number of ether oxygens (including phenoxy) is 2. The fourth-order valence-corrected chi connectivity index (χ4v) is 5.89. The van der Waals surface area contributed by atoms with E-state index in [9.17, 15) is 27.9 Å². The lowest BCUT2D eigenvalue weighted by Gasteiger charge is -2.37. The number of nitrogens with zero attached hydrogens (tertiary/aromatic N) is 2. The van der Waals surface area contributed by atoms with Gasteiger partial charge in [-0.25, -0.2) is 9.59 Å². The number of rotatable bonds is 10. The Morgan fingerprint density at radius 2 is 1.85 bits per heavy atom. The van der Waals surface area contributed by atoms with Gasteiger partial charge in [-0.05, 0) is 80.6 Å². The first-order valence-electron chi connectivity index (χ1n) is 15.3. The normalized spacial score (nSPS) is 19.0. The van der Waals surface area contributed by atoms with E-state index in [1.807, 2.05) is 44.2 Å². The molecule has 2 heterocycles. The summed E-state index contributed by atoms with van der Waals surface area (Å²) in [6.07, 6.45) is 0.0581. The monoisotopic (exact) mass is 634 g/mol. The molecule has 1 amide bonds. The molecule has 0 spiro atoms. The van der Waals surface area contributed by atoms with Crippen LogP contribution in [0.5, 0.6) is 5.75 Å². The van der Waals surface area contributed by atoms with Crippen molar-refractivity contribution < 1.29 is 37.3 Å². The van der Waals surface area contributed by atoms with Crippen LogP contribution < -0.4 is 4.74 Å². The maximum Gasteiger partial charge on any atom is 0.416 e. The molecule has 242 valence electrons. The van der Waals surface area contributed by atoms with Crippen molar-refractivity contribution in [1.82, 2.24) is 9.88 Å². The summed E-state index contributed by atoms with van der Waals surface area (Å²) in [6.45, 7) is 5.39. The summed E-state index contributed by atoms with van der Waals surface area (Å²) >= 11 is 0. The minimum absolute atomic E-state index is 0.0411. The number of carbonyl (C=O) groups is 2. The maximum atomic E-state index is 13.4. The minimum atomic E-state index is -4.49. The van der Waals surface area contributed by atoms with Crippen LogP contribution in [0.15, 0.2) is 72.3 Å². The number of benzene rings is 2. The van der Waals surface area contributed by atoms with Crippen molar-refractivity contribution in [1.29, 1.82) is 0 Å². The van der Waals surface area contributed by atoms with Crippen molar-refractivity contribution in [2.75, 3.05) is 7.11 Å². The third kappa shape index (κ3) is 7.27. The average Bonchev–Trinajstić information content (AvgIpc) is 3.86. The van der Waals surface area contributed by atoms with E-state index in [1.54, 1.807) is 30.2 Å². The number of aromatic nitrogens is 1. The van der Waals surface area contributed by atoms with E-state index >= 15 is 0 Å². The fraction of sp³-hybridized carbons (Fsp3) is 0.361. The molecule has 1 aromatic heterocycles. The summed E-state index contributed by atoms with van der Waals surface area (Å²) in [6, 6.07) is 14.4. The number of aryl methyl sites for hydroxylation is 1. The predicted molar refractivity (Wildman–Crippen MR) is 169 cm³/mol. The molecule has 1 aliphatic heterocycles. The van der Waals surface area contributed by atoms with Crippen LogP contribution >= 0.6 is 0 Å². The Kier molecular flexibility index (Phi) is 9.55. The van der Waals surface area contributed by atoms with E-state index in [0.717, 1.165) is 58.5 Å². The highest BCUT2D eigenvalue weighted by molar-refractivity contribution is 5.89. The van der Waals surface area contributed by atoms with Gasteiger partial charge in [-0.2, -0.15) is 13.2 Å². The lowest BCUT2D eigenvalue weighted by atomic mass is 9.93.